The van der Waals surface area contributed by atoms with Crippen LogP contribution < -0.4 is 5.32 Å². The van der Waals surface area contributed by atoms with Crippen LogP contribution in [-0.4, -0.2) is 26.5 Å². The zero-order chi connectivity index (χ0) is 15.6. The lowest BCUT2D eigenvalue weighted by Crippen LogP contribution is -2.29. The summed E-state index contributed by atoms with van der Waals surface area (Å²) in [5.41, 5.74) is 1.76. The average molecular weight is 293 g/mol. The van der Waals surface area contributed by atoms with Gasteiger partial charge >= 0.3 is 0 Å². The monoisotopic (exact) mass is 293 g/mol. The molecular formula is C17H19N5. The smallest absolute Gasteiger partial charge is 0.137 e. The topological polar surface area (TPSA) is 63.6 Å². The van der Waals surface area contributed by atoms with E-state index in [4.69, 9.17) is 0 Å². The predicted molar refractivity (Wildman–Crippen MR) is 87.8 cm³/mol. The normalized spacial score (nSPS) is 11.6. The second kappa shape index (κ2) is 5.67. The van der Waals surface area contributed by atoms with Crippen LogP contribution in [0.25, 0.3) is 10.9 Å². The Labute approximate surface area is 129 Å². The van der Waals surface area contributed by atoms with Gasteiger partial charge in [-0.3, -0.25) is 9.97 Å². The average Bonchev–Trinajstić information content (AvgIpc) is 2.53. The van der Waals surface area contributed by atoms with Gasteiger partial charge in [0.25, 0.3) is 0 Å². The molecule has 0 bridgehead atoms. The number of nitrogens with one attached hydrogen (secondary N) is 1. The van der Waals surface area contributed by atoms with Gasteiger partial charge in [0, 0.05) is 35.9 Å². The molecule has 3 aromatic rings. The van der Waals surface area contributed by atoms with Gasteiger partial charge in [0.2, 0.25) is 0 Å². The fourth-order valence-corrected chi connectivity index (χ4v) is 2.37. The minimum Gasteiger partial charge on any atom is -0.369 e. The van der Waals surface area contributed by atoms with Crippen LogP contribution >= 0.6 is 0 Å². The number of fused-ring (bicyclic) bond motifs is 1. The number of para-hydroxylation sites is 1. The van der Waals surface area contributed by atoms with Gasteiger partial charge in [0.15, 0.2) is 0 Å². The van der Waals surface area contributed by atoms with Crippen molar-refractivity contribution in [1.29, 1.82) is 0 Å². The molecule has 0 atom stereocenters. The van der Waals surface area contributed by atoms with Gasteiger partial charge in [-0.25, -0.2) is 9.97 Å². The molecule has 2 aromatic heterocycles. The summed E-state index contributed by atoms with van der Waals surface area (Å²) < 4.78 is 0. The van der Waals surface area contributed by atoms with Gasteiger partial charge in [-0.2, -0.15) is 0 Å². The lowest BCUT2D eigenvalue weighted by atomic mass is 9.89. The first-order chi connectivity index (χ1) is 10.6. The molecule has 0 saturated heterocycles. The largest absolute Gasteiger partial charge is 0.369 e. The van der Waals surface area contributed by atoms with E-state index in [9.17, 15) is 0 Å². The molecule has 0 spiro atoms. The molecule has 0 saturated carbocycles. The summed E-state index contributed by atoms with van der Waals surface area (Å²) in [5, 5.41) is 4.48. The minimum atomic E-state index is -0.145. The molecule has 3 rings (SSSR count). The first-order valence-electron chi connectivity index (χ1n) is 7.30. The molecule has 0 aliphatic carbocycles. The summed E-state index contributed by atoms with van der Waals surface area (Å²) in [7, 11) is 0. The van der Waals surface area contributed by atoms with E-state index >= 15 is 0 Å². The van der Waals surface area contributed by atoms with Crippen molar-refractivity contribution in [2.24, 2.45) is 0 Å². The number of aryl methyl sites for hydroxylation is 1. The van der Waals surface area contributed by atoms with Gasteiger partial charge in [-0.1, -0.05) is 26.0 Å². The van der Waals surface area contributed by atoms with Gasteiger partial charge in [-0.15, -0.1) is 0 Å². The van der Waals surface area contributed by atoms with Crippen LogP contribution in [0.2, 0.25) is 0 Å². The number of anilines is 1. The van der Waals surface area contributed by atoms with Crippen LogP contribution in [0, 0.1) is 6.92 Å². The first kappa shape index (κ1) is 14.4. The molecule has 22 heavy (non-hydrogen) atoms. The van der Waals surface area contributed by atoms with E-state index in [1.165, 1.54) is 0 Å². The van der Waals surface area contributed by atoms with E-state index < -0.39 is 0 Å². The molecule has 0 amide bonds. The van der Waals surface area contributed by atoms with Crippen molar-refractivity contribution in [3.8, 4) is 0 Å². The summed E-state index contributed by atoms with van der Waals surface area (Å²) in [6, 6.07) is 8.03. The van der Waals surface area contributed by atoms with Crippen LogP contribution in [0.4, 0.5) is 5.82 Å². The van der Waals surface area contributed by atoms with Crippen LogP contribution in [0.3, 0.4) is 0 Å². The molecule has 0 aliphatic heterocycles. The Balaban J connectivity index is 1.88. The molecule has 2 heterocycles. The fourth-order valence-electron chi connectivity index (χ4n) is 2.37. The summed E-state index contributed by atoms with van der Waals surface area (Å²) in [5.74, 6) is 1.62. The van der Waals surface area contributed by atoms with E-state index in [2.05, 4.69) is 39.1 Å². The van der Waals surface area contributed by atoms with Crippen molar-refractivity contribution in [3.63, 3.8) is 0 Å². The van der Waals surface area contributed by atoms with Crippen molar-refractivity contribution in [1.82, 2.24) is 19.9 Å². The van der Waals surface area contributed by atoms with Crippen LogP contribution in [0.1, 0.15) is 25.4 Å². The van der Waals surface area contributed by atoms with Gasteiger partial charge in [0.1, 0.15) is 11.6 Å². The molecule has 0 fully saturated rings. The lowest BCUT2D eigenvalue weighted by Gasteiger charge is -2.24. The maximum absolute atomic E-state index is 4.54. The molecule has 112 valence electrons. The maximum Gasteiger partial charge on any atom is 0.137 e. The second-order valence-electron chi connectivity index (χ2n) is 5.96. The number of hydrogen-bond donors (Lipinski definition) is 1. The molecule has 0 radical (unpaired) electrons. The van der Waals surface area contributed by atoms with Crippen molar-refractivity contribution in [3.05, 3.63) is 54.4 Å². The molecule has 0 unspecified atom stereocenters. The molecule has 1 N–H and O–H groups in total. The molecule has 0 aliphatic rings. The van der Waals surface area contributed by atoms with E-state index in [1.807, 2.05) is 37.4 Å². The van der Waals surface area contributed by atoms with Crippen LogP contribution in [0.15, 0.2) is 42.9 Å². The Kier molecular flexibility index (Phi) is 3.71. The summed E-state index contributed by atoms with van der Waals surface area (Å²) >= 11 is 0. The van der Waals surface area contributed by atoms with E-state index in [1.54, 1.807) is 12.4 Å². The van der Waals surface area contributed by atoms with Crippen molar-refractivity contribution in [2.45, 2.75) is 26.2 Å². The fraction of sp³-hybridized carbons (Fsp3) is 0.294. The number of nitrogens with zero attached hydrogens (tertiary/aromatic N) is 4. The summed E-state index contributed by atoms with van der Waals surface area (Å²) in [6.45, 7) is 6.90. The highest BCUT2D eigenvalue weighted by atomic mass is 15.0. The summed E-state index contributed by atoms with van der Waals surface area (Å²) in [6.07, 6.45) is 5.22. The zero-order valence-corrected chi connectivity index (χ0v) is 13.0. The van der Waals surface area contributed by atoms with Crippen molar-refractivity contribution < 1.29 is 0 Å². The minimum absolute atomic E-state index is 0.145. The molecule has 5 nitrogen and oxygen atoms in total. The highest BCUT2D eigenvalue weighted by Crippen LogP contribution is 2.24. The number of aromatic nitrogens is 4. The van der Waals surface area contributed by atoms with Crippen molar-refractivity contribution >= 4 is 16.7 Å². The SMILES string of the molecule is Cc1nc(NCC(C)(C)c2cnccn2)c2ccccc2n1. The van der Waals surface area contributed by atoms with Crippen molar-refractivity contribution in [2.75, 3.05) is 11.9 Å². The Bertz CT molecular complexity index is 783. The quantitative estimate of drug-likeness (QED) is 0.800. The molecular weight excluding hydrogens is 274 g/mol. The van der Waals surface area contributed by atoms with Crippen LogP contribution in [0.5, 0.6) is 0 Å². The maximum atomic E-state index is 4.54. The lowest BCUT2D eigenvalue weighted by molar-refractivity contribution is 0.535. The number of rotatable bonds is 4. The third-order valence-electron chi connectivity index (χ3n) is 3.67. The molecule has 5 heteroatoms. The van der Waals surface area contributed by atoms with Gasteiger partial charge in [0.05, 0.1) is 11.2 Å². The Morgan fingerprint density at radius 3 is 2.68 bits per heavy atom. The Morgan fingerprint density at radius 1 is 1.09 bits per heavy atom. The third kappa shape index (κ3) is 2.88. The first-order valence-corrected chi connectivity index (χ1v) is 7.30. The van der Waals surface area contributed by atoms with E-state index in [-0.39, 0.29) is 5.41 Å². The van der Waals surface area contributed by atoms with E-state index in [0.29, 0.717) is 6.54 Å². The zero-order valence-electron chi connectivity index (χ0n) is 13.0. The Hall–Kier alpha value is -2.56. The van der Waals surface area contributed by atoms with E-state index in [0.717, 1.165) is 28.2 Å². The molecule has 1 aromatic carbocycles. The number of benzene rings is 1. The van der Waals surface area contributed by atoms with Gasteiger partial charge in [-0.05, 0) is 19.1 Å². The highest BCUT2D eigenvalue weighted by Gasteiger charge is 2.22. The highest BCUT2D eigenvalue weighted by molar-refractivity contribution is 5.88. The third-order valence-corrected chi connectivity index (χ3v) is 3.67. The summed E-state index contributed by atoms with van der Waals surface area (Å²) in [4.78, 5) is 17.6. The number of hydrogen-bond acceptors (Lipinski definition) is 5. The standard InChI is InChI=1S/C17H19N5/c1-12-21-14-7-5-4-6-13(14)16(22-12)20-11-17(2,3)15-10-18-8-9-19-15/h4-10H,11H2,1-3H3,(H,20,21,22). The van der Waals surface area contributed by atoms with Gasteiger partial charge < -0.3 is 5.32 Å². The predicted octanol–water partition coefficient (Wildman–Crippen LogP) is 3.12. The Morgan fingerprint density at radius 2 is 1.91 bits per heavy atom. The second-order valence-corrected chi connectivity index (χ2v) is 5.96. The van der Waals surface area contributed by atoms with Crippen LogP contribution in [-0.2, 0) is 5.41 Å².